The second-order valence-corrected chi connectivity index (χ2v) is 9.08. The lowest BCUT2D eigenvalue weighted by Gasteiger charge is -2.16. The van der Waals surface area contributed by atoms with Gasteiger partial charge in [0.15, 0.2) is 0 Å². The summed E-state index contributed by atoms with van der Waals surface area (Å²) in [5.74, 6) is -0.549. The molecule has 0 unspecified atom stereocenters. The number of nitriles is 1. The Morgan fingerprint density at radius 3 is 2.41 bits per heavy atom. The van der Waals surface area contributed by atoms with Gasteiger partial charge in [-0.25, -0.2) is 14.5 Å². The molecule has 0 spiro atoms. The molecule has 37 heavy (non-hydrogen) atoms. The Morgan fingerprint density at radius 1 is 1.05 bits per heavy atom. The number of hydrogen-bond donors (Lipinski definition) is 1. The van der Waals surface area contributed by atoms with E-state index in [0.717, 1.165) is 22.4 Å². The topological polar surface area (TPSA) is 122 Å². The number of anilines is 1. The number of nitrogens with two attached hydrogens (primary N) is 1. The van der Waals surface area contributed by atoms with Crippen LogP contribution in [0.2, 0.25) is 5.02 Å². The summed E-state index contributed by atoms with van der Waals surface area (Å²) in [6.07, 6.45) is 0. The number of halogens is 1. The molecule has 1 atom stereocenters. The molecular weight excluding hydrogens is 490 g/mol. The average molecular weight is 512 g/mol. The SMILES string of the molecule is N#Cc1ccc(Cn2nc(N3C[C@@H](c4ccccc4)C(c4ccc(Cl)cc4)=N3)n(CC(N)=O)c2=O)cc1. The Bertz CT molecular complexity index is 1570. The van der Waals surface area contributed by atoms with Crippen molar-refractivity contribution in [1.82, 2.24) is 14.3 Å². The monoisotopic (exact) mass is 511 g/mol. The number of amides is 1. The molecular formula is C27H22ClN7O2. The molecule has 0 aliphatic carbocycles. The van der Waals surface area contributed by atoms with Gasteiger partial charge < -0.3 is 5.73 Å². The Hall–Kier alpha value is -4.68. The van der Waals surface area contributed by atoms with Crippen LogP contribution in [-0.2, 0) is 17.9 Å². The van der Waals surface area contributed by atoms with Gasteiger partial charge in [-0.15, -0.1) is 5.10 Å². The molecule has 3 aromatic carbocycles. The largest absolute Gasteiger partial charge is 0.368 e. The third-order valence-corrected chi connectivity index (χ3v) is 6.37. The number of hydrazone groups is 1. The molecule has 9 nitrogen and oxygen atoms in total. The van der Waals surface area contributed by atoms with Gasteiger partial charge in [-0.1, -0.05) is 66.2 Å². The first kappa shape index (κ1) is 24.0. The number of carbonyl (C=O) groups is 1. The van der Waals surface area contributed by atoms with Gasteiger partial charge in [-0.3, -0.25) is 9.36 Å². The van der Waals surface area contributed by atoms with Crippen molar-refractivity contribution in [2.45, 2.75) is 19.0 Å². The number of carbonyl (C=O) groups excluding carboxylic acids is 1. The fourth-order valence-electron chi connectivity index (χ4n) is 4.33. The van der Waals surface area contributed by atoms with E-state index in [-0.39, 0.29) is 25.0 Å². The van der Waals surface area contributed by atoms with Crippen molar-refractivity contribution in [3.05, 3.63) is 117 Å². The van der Waals surface area contributed by atoms with Crippen molar-refractivity contribution in [3.8, 4) is 6.07 Å². The summed E-state index contributed by atoms with van der Waals surface area (Å²) in [6.45, 7) is 0.237. The molecule has 0 radical (unpaired) electrons. The first-order valence-corrected chi connectivity index (χ1v) is 11.9. The van der Waals surface area contributed by atoms with Crippen LogP contribution >= 0.6 is 11.6 Å². The zero-order chi connectivity index (χ0) is 25.9. The van der Waals surface area contributed by atoms with Crippen molar-refractivity contribution in [2.75, 3.05) is 11.6 Å². The van der Waals surface area contributed by atoms with Gasteiger partial charge in [0.05, 0.1) is 30.4 Å². The quantitative estimate of drug-likeness (QED) is 0.408. The number of nitrogens with zero attached hydrogens (tertiary/aromatic N) is 6. The molecule has 1 aliphatic heterocycles. The van der Waals surface area contributed by atoms with Crippen LogP contribution in [0.25, 0.3) is 0 Å². The maximum Gasteiger partial charge on any atom is 0.348 e. The second-order valence-electron chi connectivity index (χ2n) is 8.64. The maximum absolute atomic E-state index is 13.3. The lowest BCUT2D eigenvalue weighted by molar-refractivity contribution is -0.118. The summed E-state index contributed by atoms with van der Waals surface area (Å²) in [7, 11) is 0. The molecule has 10 heteroatoms. The molecule has 1 aliphatic rings. The van der Waals surface area contributed by atoms with Crippen LogP contribution in [0.3, 0.4) is 0 Å². The normalized spacial score (nSPS) is 14.9. The van der Waals surface area contributed by atoms with E-state index in [1.165, 1.54) is 9.25 Å². The number of hydrogen-bond acceptors (Lipinski definition) is 6. The van der Waals surface area contributed by atoms with Crippen molar-refractivity contribution >= 4 is 29.2 Å². The van der Waals surface area contributed by atoms with Gasteiger partial charge >= 0.3 is 5.69 Å². The molecule has 1 aromatic heterocycles. The molecule has 0 bridgehead atoms. The molecule has 1 amide bonds. The van der Waals surface area contributed by atoms with E-state index in [4.69, 9.17) is 27.7 Å². The Balaban J connectivity index is 1.56. The lowest BCUT2D eigenvalue weighted by Crippen LogP contribution is -2.32. The Kier molecular flexibility index (Phi) is 6.58. The van der Waals surface area contributed by atoms with Crippen LogP contribution in [0.1, 0.15) is 28.2 Å². The zero-order valence-electron chi connectivity index (χ0n) is 19.7. The molecule has 0 saturated carbocycles. The minimum atomic E-state index is -0.665. The molecule has 4 aromatic rings. The number of aromatic nitrogens is 3. The van der Waals surface area contributed by atoms with E-state index >= 15 is 0 Å². The number of benzene rings is 3. The minimum absolute atomic E-state index is 0.108. The van der Waals surface area contributed by atoms with Crippen molar-refractivity contribution in [1.29, 1.82) is 5.26 Å². The lowest BCUT2D eigenvalue weighted by atomic mass is 9.91. The highest BCUT2D eigenvalue weighted by Crippen LogP contribution is 2.31. The first-order chi connectivity index (χ1) is 17.9. The third kappa shape index (κ3) is 5.01. The Labute approximate surface area is 217 Å². The first-order valence-electron chi connectivity index (χ1n) is 11.5. The summed E-state index contributed by atoms with van der Waals surface area (Å²) < 4.78 is 2.51. The van der Waals surface area contributed by atoms with Gasteiger partial charge in [0.1, 0.15) is 6.54 Å². The fourth-order valence-corrected chi connectivity index (χ4v) is 4.46. The van der Waals surface area contributed by atoms with Crippen LogP contribution in [0, 0.1) is 11.3 Å². The van der Waals surface area contributed by atoms with E-state index in [1.807, 2.05) is 42.5 Å². The van der Waals surface area contributed by atoms with E-state index in [0.29, 0.717) is 17.1 Å². The molecule has 0 saturated heterocycles. The van der Waals surface area contributed by atoms with E-state index in [2.05, 4.69) is 11.2 Å². The zero-order valence-corrected chi connectivity index (χ0v) is 20.4. The molecule has 2 N–H and O–H groups in total. The van der Waals surface area contributed by atoms with Gasteiger partial charge in [-0.2, -0.15) is 10.4 Å². The summed E-state index contributed by atoms with van der Waals surface area (Å²) in [5.41, 5.74) is 9.03. The summed E-state index contributed by atoms with van der Waals surface area (Å²) in [6, 6.07) is 26.3. The third-order valence-electron chi connectivity index (χ3n) is 6.12. The summed E-state index contributed by atoms with van der Waals surface area (Å²) in [5, 5.41) is 20.7. The highest BCUT2D eigenvalue weighted by atomic mass is 35.5. The van der Waals surface area contributed by atoms with Gasteiger partial charge in [0.25, 0.3) is 0 Å². The van der Waals surface area contributed by atoms with Crippen molar-refractivity contribution in [2.24, 2.45) is 10.8 Å². The van der Waals surface area contributed by atoms with Crippen LogP contribution in [0.5, 0.6) is 0 Å². The van der Waals surface area contributed by atoms with E-state index in [1.54, 1.807) is 41.4 Å². The smallest absolute Gasteiger partial charge is 0.348 e. The molecule has 5 rings (SSSR count). The Morgan fingerprint density at radius 2 is 1.76 bits per heavy atom. The van der Waals surface area contributed by atoms with Gasteiger partial charge in [0.2, 0.25) is 11.9 Å². The number of primary amides is 1. The molecule has 184 valence electrons. The predicted molar refractivity (Wildman–Crippen MR) is 140 cm³/mol. The minimum Gasteiger partial charge on any atom is -0.368 e. The van der Waals surface area contributed by atoms with Crippen LogP contribution in [-0.4, -0.2) is 32.5 Å². The van der Waals surface area contributed by atoms with Crippen molar-refractivity contribution in [3.63, 3.8) is 0 Å². The van der Waals surface area contributed by atoms with Gasteiger partial charge in [-0.05, 0) is 41.0 Å². The summed E-state index contributed by atoms with van der Waals surface area (Å²) >= 11 is 6.11. The van der Waals surface area contributed by atoms with Crippen LogP contribution in [0.15, 0.2) is 88.8 Å². The number of rotatable bonds is 7. The van der Waals surface area contributed by atoms with Gasteiger partial charge in [0, 0.05) is 10.9 Å². The second kappa shape index (κ2) is 10.1. The standard InChI is InChI=1S/C27H22ClN7O2/c28-22-12-10-21(11-13-22)25-23(20-4-2-1-3-5-20)16-34(31-25)26-32-35(27(37)33(26)17-24(30)36)15-19-8-6-18(14-29)7-9-19/h1-13,23H,15-17H2,(H2,30,36)/t23-/m0/s1. The van der Waals surface area contributed by atoms with Crippen LogP contribution < -0.4 is 16.4 Å². The molecule has 2 heterocycles. The van der Waals surface area contributed by atoms with Crippen LogP contribution in [0.4, 0.5) is 5.95 Å². The highest BCUT2D eigenvalue weighted by Gasteiger charge is 2.33. The van der Waals surface area contributed by atoms with E-state index in [9.17, 15) is 9.59 Å². The molecule has 0 fully saturated rings. The van der Waals surface area contributed by atoms with E-state index < -0.39 is 11.6 Å². The summed E-state index contributed by atoms with van der Waals surface area (Å²) in [4.78, 5) is 25.1. The van der Waals surface area contributed by atoms with Crippen molar-refractivity contribution < 1.29 is 4.79 Å². The maximum atomic E-state index is 13.3. The average Bonchev–Trinajstić information content (AvgIpc) is 3.47. The fraction of sp³-hybridized carbons (Fsp3) is 0.148. The predicted octanol–water partition coefficient (Wildman–Crippen LogP) is 3.11. The highest BCUT2D eigenvalue weighted by molar-refractivity contribution is 6.30.